The van der Waals surface area contributed by atoms with Crippen molar-refractivity contribution in [2.45, 2.75) is 19.8 Å². The molecule has 2 aliphatic heterocycles. The molecule has 0 spiro atoms. The van der Waals surface area contributed by atoms with E-state index < -0.39 is 5.92 Å². The zero-order chi connectivity index (χ0) is 20.5. The van der Waals surface area contributed by atoms with E-state index in [-0.39, 0.29) is 12.7 Å². The summed E-state index contributed by atoms with van der Waals surface area (Å²) in [6.45, 7) is 4.93. The van der Waals surface area contributed by atoms with Crippen LogP contribution >= 0.6 is 15.9 Å². The van der Waals surface area contributed by atoms with Gasteiger partial charge in [-0.25, -0.2) is 0 Å². The van der Waals surface area contributed by atoms with Crippen molar-refractivity contribution in [1.82, 2.24) is 0 Å². The van der Waals surface area contributed by atoms with Crippen LogP contribution in [0.3, 0.4) is 0 Å². The molecular weight excluding hydrogens is 440 g/mol. The first-order valence-electron chi connectivity index (χ1n) is 9.17. The van der Waals surface area contributed by atoms with Gasteiger partial charge in [-0.3, -0.25) is 0 Å². The van der Waals surface area contributed by atoms with E-state index in [9.17, 15) is 5.26 Å². The summed E-state index contributed by atoms with van der Waals surface area (Å²) in [4.78, 5) is 0. The van der Waals surface area contributed by atoms with Gasteiger partial charge in [0.05, 0.1) is 19.1 Å². The standard InChI is InChI=1S/C21H19BrN2O5/c1-3-25-16-5-11(14(22)7-18(16)26-4-2)20-12-6-17-19(28-10-27-17)8-15(12)29-21(24)13(20)9-23/h5-8,20H,3-4,10,24H2,1-2H3/t20-/m0/s1. The first-order valence-corrected chi connectivity index (χ1v) is 9.96. The summed E-state index contributed by atoms with van der Waals surface area (Å²) in [6.07, 6.45) is 0. The van der Waals surface area contributed by atoms with Crippen LogP contribution in [0.1, 0.15) is 30.9 Å². The van der Waals surface area contributed by atoms with Gasteiger partial charge in [-0.15, -0.1) is 0 Å². The predicted molar refractivity (Wildman–Crippen MR) is 108 cm³/mol. The van der Waals surface area contributed by atoms with E-state index >= 15 is 0 Å². The molecule has 0 aromatic heterocycles. The third-order valence-electron chi connectivity index (χ3n) is 4.68. The van der Waals surface area contributed by atoms with Gasteiger partial charge < -0.3 is 29.4 Å². The normalized spacial score (nSPS) is 16.7. The van der Waals surface area contributed by atoms with Crippen molar-refractivity contribution in [1.29, 1.82) is 5.26 Å². The number of halogens is 1. The number of rotatable bonds is 5. The zero-order valence-electron chi connectivity index (χ0n) is 16.0. The number of ether oxygens (including phenoxy) is 5. The quantitative estimate of drug-likeness (QED) is 0.716. The number of hydrogen-bond donors (Lipinski definition) is 1. The van der Waals surface area contributed by atoms with Gasteiger partial charge in [0, 0.05) is 16.1 Å². The molecule has 2 heterocycles. The van der Waals surface area contributed by atoms with E-state index in [2.05, 4.69) is 22.0 Å². The van der Waals surface area contributed by atoms with E-state index in [0.717, 1.165) is 15.6 Å². The van der Waals surface area contributed by atoms with Crippen molar-refractivity contribution < 1.29 is 23.7 Å². The molecule has 150 valence electrons. The van der Waals surface area contributed by atoms with Crippen molar-refractivity contribution in [2.24, 2.45) is 5.73 Å². The number of hydrogen-bond acceptors (Lipinski definition) is 7. The Balaban J connectivity index is 1.91. The molecule has 0 bridgehead atoms. The van der Waals surface area contributed by atoms with Gasteiger partial charge in [0.1, 0.15) is 17.4 Å². The minimum absolute atomic E-state index is 0.0580. The highest BCUT2D eigenvalue weighted by Gasteiger charge is 2.35. The third-order valence-corrected chi connectivity index (χ3v) is 5.37. The van der Waals surface area contributed by atoms with Gasteiger partial charge in [0.15, 0.2) is 23.0 Å². The number of nitrogens with zero attached hydrogens (tertiary/aromatic N) is 1. The van der Waals surface area contributed by atoms with Crippen LogP contribution in [0.15, 0.2) is 40.2 Å². The molecule has 29 heavy (non-hydrogen) atoms. The fraction of sp³-hybridized carbons (Fsp3) is 0.286. The Labute approximate surface area is 176 Å². The molecule has 0 saturated carbocycles. The maximum atomic E-state index is 9.82. The van der Waals surface area contributed by atoms with Crippen LogP contribution in [0.2, 0.25) is 0 Å². The average molecular weight is 459 g/mol. The topological polar surface area (TPSA) is 96.0 Å². The highest BCUT2D eigenvalue weighted by molar-refractivity contribution is 9.10. The molecule has 0 radical (unpaired) electrons. The van der Waals surface area contributed by atoms with E-state index in [1.165, 1.54) is 0 Å². The van der Waals surface area contributed by atoms with Crippen LogP contribution in [-0.2, 0) is 0 Å². The molecule has 1 atom stereocenters. The molecule has 0 unspecified atom stereocenters. The fourth-order valence-corrected chi connectivity index (χ4v) is 4.03. The zero-order valence-corrected chi connectivity index (χ0v) is 17.5. The maximum Gasteiger partial charge on any atom is 0.231 e. The number of fused-ring (bicyclic) bond motifs is 2. The van der Waals surface area contributed by atoms with Crippen LogP contribution in [-0.4, -0.2) is 20.0 Å². The van der Waals surface area contributed by atoms with Crippen molar-refractivity contribution in [3.63, 3.8) is 0 Å². The smallest absolute Gasteiger partial charge is 0.231 e. The van der Waals surface area contributed by atoms with Gasteiger partial charge in [0.2, 0.25) is 12.7 Å². The fourth-order valence-electron chi connectivity index (χ4n) is 3.48. The lowest BCUT2D eigenvalue weighted by atomic mass is 9.83. The third kappa shape index (κ3) is 3.32. The van der Waals surface area contributed by atoms with E-state index in [0.29, 0.717) is 47.5 Å². The van der Waals surface area contributed by atoms with Crippen LogP contribution in [0, 0.1) is 11.3 Å². The number of nitriles is 1. The first-order chi connectivity index (χ1) is 14.1. The number of allylic oxidation sites excluding steroid dienone is 1. The molecular formula is C21H19BrN2O5. The molecule has 4 rings (SSSR count). The largest absolute Gasteiger partial charge is 0.490 e. The minimum atomic E-state index is -0.470. The van der Waals surface area contributed by atoms with E-state index in [1.54, 1.807) is 6.07 Å². The molecule has 0 fully saturated rings. The monoisotopic (exact) mass is 458 g/mol. The summed E-state index contributed by atoms with van der Waals surface area (Å²) < 4.78 is 28.9. The highest BCUT2D eigenvalue weighted by atomic mass is 79.9. The lowest BCUT2D eigenvalue weighted by Crippen LogP contribution is -2.21. The SMILES string of the molecule is CCOc1cc(Br)c([C@@H]2C(C#N)=C(N)Oc3cc4c(cc32)OCO4)cc1OCC. The Morgan fingerprint density at radius 2 is 1.69 bits per heavy atom. The summed E-state index contributed by atoms with van der Waals surface area (Å²) >= 11 is 3.62. The van der Waals surface area contributed by atoms with Gasteiger partial charge in [-0.2, -0.15) is 5.26 Å². The number of nitrogens with two attached hydrogens (primary N) is 1. The first kappa shape index (κ1) is 19.3. The van der Waals surface area contributed by atoms with Gasteiger partial charge >= 0.3 is 0 Å². The second-order valence-electron chi connectivity index (χ2n) is 6.35. The molecule has 8 heteroatoms. The summed E-state index contributed by atoms with van der Waals surface area (Å²) in [7, 11) is 0. The van der Waals surface area contributed by atoms with Crippen molar-refractivity contribution in [2.75, 3.05) is 20.0 Å². The van der Waals surface area contributed by atoms with Crippen molar-refractivity contribution in [3.05, 3.63) is 51.3 Å². The Bertz CT molecular complexity index is 1040. The molecule has 0 saturated heterocycles. The Kier molecular flexibility index (Phi) is 5.16. The molecule has 7 nitrogen and oxygen atoms in total. The van der Waals surface area contributed by atoms with E-state index in [1.807, 2.05) is 32.0 Å². The second-order valence-corrected chi connectivity index (χ2v) is 7.21. The Morgan fingerprint density at radius 1 is 1.03 bits per heavy atom. The lowest BCUT2D eigenvalue weighted by Gasteiger charge is -2.28. The molecule has 2 N–H and O–H groups in total. The molecule has 2 aliphatic rings. The van der Waals surface area contributed by atoms with Crippen LogP contribution < -0.4 is 29.4 Å². The lowest BCUT2D eigenvalue weighted by molar-refractivity contribution is 0.174. The van der Waals surface area contributed by atoms with Crippen LogP contribution in [0.25, 0.3) is 0 Å². The molecule has 0 aliphatic carbocycles. The Morgan fingerprint density at radius 3 is 2.34 bits per heavy atom. The highest BCUT2D eigenvalue weighted by Crippen LogP contribution is 2.50. The average Bonchev–Trinajstić information content (AvgIpc) is 3.15. The van der Waals surface area contributed by atoms with Crippen molar-refractivity contribution >= 4 is 15.9 Å². The van der Waals surface area contributed by atoms with Gasteiger partial charge in [-0.05, 0) is 37.6 Å². The van der Waals surface area contributed by atoms with E-state index in [4.69, 9.17) is 29.4 Å². The van der Waals surface area contributed by atoms with Crippen LogP contribution in [0.5, 0.6) is 28.7 Å². The van der Waals surface area contributed by atoms with Crippen LogP contribution in [0.4, 0.5) is 0 Å². The molecule has 2 aromatic rings. The molecule has 2 aromatic carbocycles. The van der Waals surface area contributed by atoms with Crippen molar-refractivity contribution in [3.8, 4) is 34.8 Å². The predicted octanol–water partition coefficient (Wildman–Crippen LogP) is 4.19. The maximum absolute atomic E-state index is 9.82. The van der Waals surface area contributed by atoms with Gasteiger partial charge in [-0.1, -0.05) is 15.9 Å². The Hall–Kier alpha value is -3.05. The van der Waals surface area contributed by atoms with Gasteiger partial charge in [0.25, 0.3) is 0 Å². The summed E-state index contributed by atoms with van der Waals surface area (Å²) in [6, 6.07) is 9.47. The summed E-state index contributed by atoms with van der Waals surface area (Å²) in [5.41, 5.74) is 7.96. The molecule has 0 amide bonds. The summed E-state index contributed by atoms with van der Waals surface area (Å²) in [5, 5.41) is 9.82. The second kappa shape index (κ2) is 7.76. The number of benzene rings is 2. The summed E-state index contributed by atoms with van der Waals surface area (Å²) in [5.74, 6) is 2.51. The minimum Gasteiger partial charge on any atom is -0.490 e.